The van der Waals surface area contributed by atoms with E-state index in [1.165, 1.54) is 0 Å². The van der Waals surface area contributed by atoms with Crippen LogP contribution in [-0.4, -0.2) is 111 Å². The first-order chi connectivity index (χ1) is 20.1. The topological polar surface area (TPSA) is 133 Å². The Labute approximate surface area is 247 Å². The number of esters is 1. The van der Waals surface area contributed by atoms with Gasteiger partial charge in [-0.2, -0.15) is 0 Å². The third-order valence-electron chi connectivity index (χ3n) is 13.0. The average molecular weight is 587 g/mol. The Hall–Kier alpha value is -1.79. The molecule has 5 aliphatic carbocycles. The number of methoxy groups -OCH3 is 4. The number of carbonyl (C=O) groups excluding carboxylic acids is 1. The van der Waals surface area contributed by atoms with Gasteiger partial charge < -0.3 is 39.6 Å². The molecule has 6 fully saturated rings. The van der Waals surface area contributed by atoms with Crippen LogP contribution in [0.1, 0.15) is 43.0 Å². The van der Waals surface area contributed by atoms with Crippen molar-refractivity contribution in [3.63, 3.8) is 0 Å². The van der Waals surface area contributed by atoms with Crippen LogP contribution in [0.3, 0.4) is 0 Å². The van der Waals surface area contributed by atoms with E-state index in [4.69, 9.17) is 29.4 Å². The van der Waals surface area contributed by atoms with Gasteiger partial charge >= 0.3 is 5.97 Å². The summed E-state index contributed by atoms with van der Waals surface area (Å²) in [4.78, 5) is 15.7. The molecule has 6 aliphatic rings. The van der Waals surface area contributed by atoms with Crippen LogP contribution in [0.15, 0.2) is 24.3 Å². The van der Waals surface area contributed by atoms with Crippen LogP contribution in [0, 0.1) is 34.5 Å². The number of fused-ring (bicyclic) bond motifs is 2. The predicted molar refractivity (Wildman–Crippen MR) is 153 cm³/mol. The van der Waals surface area contributed by atoms with E-state index in [1.54, 1.807) is 52.7 Å². The summed E-state index contributed by atoms with van der Waals surface area (Å²) in [5.41, 5.74) is 2.65. The number of hydrogen-bond donors (Lipinski definition) is 3. The summed E-state index contributed by atoms with van der Waals surface area (Å²) in [6, 6.07) is 6.55. The number of hydrogen-bond acceptors (Lipinski definition) is 10. The van der Waals surface area contributed by atoms with Crippen molar-refractivity contribution in [2.45, 2.75) is 74.3 Å². The van der Waals surface area contributed by atoms with Gasteiger partial charge in [-0.15, -0.1) is 0 Å². The molecule has 0 radical (unpaired) electrons. The third-order valence-corrected chi connectivity index (χ3v) is 13.0. The normalized spacial score (nSPS) is 50.1. The van der Waals surface area contributed by atoms with E-state index >= 15 is 0 Å². The average Bonchev–Trinajstić information content (AvgIpc) is 3.41. The molecule has 10 nitrogen and oxygen atoms in total. The number of nitrogen functional groups attached to an aromatic ring is 1. The van der Waals surface area contributed by atoms with Crippen LogP contribution in [0.4, 0.5) is 5.69 Å². The molecule has 232 valence electrons. The maximum atomic E-state index is 13.4. The lowest BCUT2D eigenvalue weighted by Gasteiger charge is -2.70. The molecule has 1 aromatic carbocycles. The maximum absolute atomic E-state index is 13.4. The molecule has 1 aliphatic heterocycles. The maximum Gasteiger partial charge on any atom is 0.340 e. The summed E-state index contributed by atoms with van der Waals surface area (Å²) in [7, 11) is 6.80. The Morgan fingerprint density at radius 1 is 1.10 bits per heavy atom. The zero-order valence-corrected chi connectivity index (χ0v) is 25.3. The Kier molecular flexibility index (Phi) is 6.62. The smallest absolute Gasteiger partial charge is 0.340 e. The first-order valence-corrected chi connectivity index (χ1v) is 15.5. The number of likely N-dealkylation sites (tertiary alicyclic amines) is 1. The minimum Gasteiger partial charge on any atom is -0.461 e. The van der Waals surface area contributed by atoms with Crippen molar-refractivity contribution in [3.05, 3.63) is 29.8 Å². The second-order valence-corrected chi connectivity index (χ2v) is 13.8. The highest BCUT2D eigenvalue weighted by molar-refractivity contribution is 5.95. The van der Waals surface area contributed by atoms with E-state index in [0.29, 0.717) is 30.8 Å². The van der Waals surface area contributed by atoms with E-state index in [2.05, 4.69) is 11.8 Å². The van der Waals surface area contributed by atoms with Gasteiger partial charge in [-0.25, -0.2) is 4.79 Å². The highest BCUT2D eigenvalue weighted by Crippen LogP contribution is 2.80. The van der Waals surface area contributed by atoms with Crippen molar-refractivity contribution in [3.8, 4) is 0 Å². The molecule has 1 spiro atoms. The number of rotatable bonds is 8. The lowest BCUT2D eigenvalue weighted by molar-refractivity contribution is -0.320. The summed E-state index contributed by atoms with van der Waals surface area (Å²) in [5.74, 6) is -0.892. The Bertz CT molecular complexity index is 1250. The molecule has 1 saturated heterocycles. The van der Waals surface area contributed by atoms with Crippen molar-refractivity contribution in [1.82, 2.24) is 4.90 Å². The van der Waals surface area contributed by atoms with E-state index < -0.39 is 40.1 Å². The van der Waals surface area contributed by atoms with Gasteiger partial charge in [0.1, 0.15) is 11.2 Å². The number of aliphatic hydroxyl groups is 2. The fourth-order valence-corrected chi connectivity index (χ4v) is 12.0. The zero-order valence-electron chi connectivity index (χ0n) is 25.3. The highest BCUT2D eigenvalue weighted by atomic mass is 16.5. The quantitative estimate of drug-likeness (QED) is 0.306. The van der Waals surface area contributed by atoms with Gasteiger partial charge in [-0.1, -0.05) is 19.1 Å². The molecule has 7 rings (SSSR count). The molecule has 5 saturated carbocycles. The Morgan fingerprint density at radius 3 is 2.50 bits per heavy atom. The summed E-state index contributed by atoms with van der Waals surface area (Å²) >= 11 is 0. The third kappa shape index (κ3) is 3.12. The molecule has 10 heteroatoms. The second-order valence-electron chi connectivity index (χ2n) is 13.8. The summed E-state index contributed by atoms with van der Waals surface area (Å²) in [6.45, 7) is 3.54. The van der Waals surface area contributed by atoms with Gasteiger partial charge in [-0.05, 0) is 43.9 Å². The molecule has 42 heavy (non-hydrogen) atoms. The number of nitrogens with zero attached hydrogens (tertiary/aromatic N) is 1. The van der Waals surface area contributed by atoms with Crippen molar-refractivity contribution < 1.29 is 38.7 Å². The van der Waals surface area contributed by atoms with Crippen LogP contribution < -0.4 is 5.73 Å². The molecule has 7 bridgehead atoms. The van der Waals surface area contributed by atoms with E-state index in [1.807, 2.05) is 0 Å². The fraction of sp³-hybridized carbons (Fsp3) is 0.781. The molecular weight excluding hydrogens is 540 g/mol. The van der Waals surface area contributed by atoms with Crippen molar-refractivity contribution in [2.75, 3.05) is 53.9 Å². The van der Waals surface area contributed by atoms with Crippen LogP contribution in [0.2, 0.25) is 0 Å². The number of likely N-dealkylation sites (N-methyl/N-ethyl adjacent to an activating group) is 1. The molecule has 1 aromatic rings. The minimum absolute atomic E-state index is 0.00697. The molecule has 0 aromatic heterocycles. The van der Waals surface area contributed by atoms with Crippen molar-refractivity contribution in [1.29, 1.82) is 0 Å². The molecule has 1 heterocycles. The number of anilines is 1. The molecular formula is C32H46N2O8. The highest BCUT2D eigenvalue weighted by Gasteiger charge is 2.91. The predicted octanol–water partition coefficient (Wildman–Crippen LogP) is 1.72. The van der Waals surface area contributed by atoms with Gasteiger partial charge in [0.05, 0.1) is 42.6 Å². The lowest BCUT2D eigenvalue weighted by Crippen LogP contribution is -2.82. The van der Waals surface area contributed by atoms with Crippen LogP contribution in [0.25, 0.3) is 0 Å². The zero-order chi connectivity index (χ0) is 29.8. The monoisotopic (exact) mass is 586 g/mol. The SMILES string of the molecule is CCN1C[C@]2(COC(=O)c3ccccc3N)CC[C@H](OC)[C@]34C1[C@](O)([C@@H](OC)[C@@H]23)[C@@]1(O)C[C@H](OC)[C@H]2C[C@@H]4[C@@H]1[C@H]2OC. The van der Waals surface area contributed by atoms with Gasteiger partial charge in [0, 0.05) is 75.7 Å². The molecule has 13 atom stereocenters. The number of carbonyl (C=O) groups is 1. The van der Waals surface area contributed by atoms with Crippen molar-refractivity contribution >= 4 is 11.7 Å². The van der Waals surface area contributed by atoms with E-state index in [-0.39, 0.29) is 48.6 Å². The number of para-hydroxylation sites is 1. The standard InChI is InChI=1S/C32H46N2O8/c1-6-34-15-29(16-42-27(35)17-9-7-8-10-20(17)33)12-11-22(39-3)31-19-13-18-21(38-2)14-30(36,23(19)24(18)40-4)32(37,28(31)34)26(41-5)25(29)31/h7-10,18-19,21-26,28,36-37H,6,11-16,33H2,1-5H3/t18-,19-,21+,22+,23-,24+,25+,26+,28?,29+,30-,31+,32-/m1/s1. The van der Waals surface area contributed by atoms with Crippen molar-refractivity contribution in [2.24, 2.45) is 34.5 Å². The van der Waals surface area contributed by atoms with Crippen LogP contribution in [0.5, 0.6) is 0 Å². The van der Waals surface area contributed by atoms with Gasteiger partial charge in [0.15, 0.2) is 0 Å². The molecule has 0 amide bonds. The number of nitrogens with two attached hydrogens (primary N) is 1. The molecule has 4 N–H and O–H groups in total. The number of piperidine rings is 1. The Morgan fingerprint density at radius 2 is 1.86 bits per heavy atom. The van der Waals surface area contributed by atoms with Crippen LogP contribution in [-0.2, 0) is 23.7 Å². The van der Waals surface area contributed by atoms with E-state index in [0.717, 1.165) is 19.3 Å². The molecule has 1 unspecified atom stereocenters. The largest absolute Gasteiger partial charge is 0.461 e. The Balaban J connectivity index is 1.41. The van der Waals surface area contributed by atoms with E-state index in [9.17, 15) is 15.0 Å². The minimum atomic E-state index is -1.62. The lowest BCUT2D eigenvalue weighted by atomic mass is 9.42. The number of ether oxygens (including phenoxy) is 5. The van der Waals surface area contributed by atoms with Gasteiger partial charge in [-0.3, -0.25) is 4.90 Å². The first-order valence-electron chi connectivity index (χ1n) is 15.5. The number of benzene rings is 1. The van der Waals surface area contributed by atoms with Gasteiger partial charge in [0.25, 0.3) is 0 Å². The van der Waals surface area contributed by atoms with Crippen LogP contribution >= 0.6 is 0 Å². The second kappa shape index (κ2) is 9.60. The fourth-order valence-electron chi connectivity index (χ4n) is 12.0. The van der Waals surface area contributed by atoms with Gasteiger partial charge in [0.2, 0.25) is 0 Å². The first kappa shape index (κ1) is 29.0. The summed E-state index contributed by atoms with van der Waals surface area (Å²) in [5, 5.41) is 26.3. The summed E-state index contributed by atoms with van der Waals surface area (Å²) < 4.78 is 31.1. The summed E-state index contributed by atoms with van der Waals surface area (Å²) in [6.07, 6.45) is 1.22.